The molecule has 0 heterocycles. The fourth-order valence-corrected chi connectivity index (χ4v) is 2.84. The molecule has 0 unspecified atom stereocenters. The van der Waals surface area contributed by atoms with Crippen LogP contribution in [-0.4, -0.2) is 21.0 Å². The Labute approximate surface area is 123 Å². The van der Waals surface area contributed by atoms with Gasteiger partial charge in [0.15, 0.2) is 6.23 Å². The Balaban J connectivity index is 2.44. The van der Waals surface area contributed by atoms with Crippen LogP contribution in [0.1, 0.15) is 40.0 Å². The third kappa shape index (κ3) is 3.66. The third-order valence-corrected chi connectivity index (χ3v) is 4.83. The van der Waals surface area contributed by atoms with Crippen molar-refractivity contribution in [2.24, 2.45) is 17.3 Å². The van der Waals surface area contributed by atoms with Crippen molar-refractivity contribution in [2.45, 2.75) is 50.1 Å². The lowest BCUT2D eigenvalue weighted by Crippen LogP contribution is -2.49. The first-order valence-corrected chi connectivity index (χ1v) is 7.26. The smallest absolute Gasteiger partial charge is 0.234 e. The Morgan fingerprint density at radius 2 is 2.00 bits per heavy atom. The van der Waals surface area contributed by atoms with E-state index in [4.69, 9.17) is 34.8 Å². The monoisotopic (exact) mass is 315 g/mol. The first kappa shape index (κ1) is 16.4. The minimum atomic E-state index is -1.89. The quantitative estimate of drug-likeness (QED) is 0.618. The summed E-state index contributed by atoms with van der Waals surface area (Å²) < 4.78 is -1.89. The van der Waals surface area contributed by atoms with Gasteiger partial charge in [0, 0.05) is 6.42 Å². The van der Waals surface area contributed by atoms with Gasteiger partial charge in [0.1, 0.15) is 0 Å². The highest BCUT2D eigenvalue weighted by molar-refractivity contribution is 6.68. The van der Waals surface area contributed by atoms with Crippen LogP contribution in [0.15, 0.2) is 0 Å². The first-order chi connectivity index (χ1) is 8.09. The summed E-state index contributed by atoms with van der Waals surface area (Å²) in [5, 5.41) is 11.8. The zero-order valence-electron chi connectivity index (χ0n) is 10.8. The topological polar surface area (TPSA) is 49.3 Å². The lowest BCUT2D eigenvalue weighted by atomic mass is 9.53. The van der Waals surface area contributed by atoms with Crippen LogP contribution in [0.4, 0.5) is 0 Å². The molecular weight excluding hydrogens is 296 g/mol. The number of halogens is 3. The van der Waals surface area contributed by atoms with Crippen molar-refractivity contribution in [3.8, 4) is 0 Å². The van der Waals surface area contributed by atoms with Gasteiger partial charge in [-0.2, -0.15) is 0 Å². The van der Waals surface area contributed by atoms with Gasteiger partial charge in [0.2, 0.25) is 9.70 Å². The summed E-state index contributed by atoms with van der Waals surface area (Å²) in [6.07, 6.45) is 1.06. The van der Waals surface area contributed by atoms with Gasteiger partial charge in [0.25, 0.3) is 0 Å². The molecule has 1 fully saturated rings. The van der Waals surface area contributed by atoms with Crippen molar-refractivity contribution < 1.29 is 9.90 Å². The van der Waals surface area contributed by atoms with Crippen LogP contribution in [0.25, 0.3) is 0 Å². The highest BCUT2D eigenvalue weighted by Gasteiger charge is 2.47. The SMILES string of the molecule is CC[C@H]1C[C@H](CC(=O)N[C@H](O)C(Cl)(Cl)Cl)C1(C)C. The van der Waals surface area contributed by atoms with E-state index in [1.54, 1.807) is 0 Å². The van der Waals surface area contributed by atoms with Crippen molar-refractivity contribution in [3.05, 3.63) is 0 Å². The van der Waals surface area contributed by atoms with Gasteiger partial charge in [-0.15, -0.1) is 0 Å². The molecule has 0 aromatic heterocycles. The summed E-state index contributed by atoms with van der Waals surface area (Å²) in [6.45, 7) is 6.51. The first-order valence-electron chi connectivity index (χ1n) is 6.13. The number of hydrogen-bond acceptors (Lipinski definition) is 2. The van der Waals surface area contributed by atoms with E-state index in [1.807, 2.05) is 0 Å². The van der Waals surface area contributed by atoms with Crippen LogP contribution in [0.3, 0.4) is 0 Å². The minimum absolute atomic E-state index is 0.164. The lowest BCUT2D eigenvalue weighted by Gasteiger charge is -2.52. The second kappa shape index (κ2) is 5.74. The molecule has 1 saturated carbocycles. The summed E-state index contributed by atoms with van der Waals surface area (Å²) in [6, 6.07) is 0. The van der Waals surface area contributed by atoms with Crippen molar-refractivity contribution >= 4 is 40.7 Å². The zero-order valence-corrected chi connectivity index (χ0v) is 13.1. The van der Waals surface area contributed by atoms with Crippen molar-refractivity contribution in [1.29, 1.82) is 0 Å². The van der Waals surface area contributed by atoms with Gasteiger partial charge in [0.05, 0.1) is 0 Å². The summed E-state index contributed by atoms with van der Waals surface area (Å²) in [5.74, 6) is 0.708. The Kier molecular flexibility index (Phi) is 5.21. The van der Waals surface area contributed by atoms with Gasteiger partial charge in [-0.3, -0.25) is 4.79 Å². The largest absolute Gasteiger partial charge is 0.369 e. The number of hydrogen-bond donors (Lipinski definition) is 2. The van der Waals surface area contributed by atoms with Crippen molar-refractivity contribution in [1.82, 2.24) is 5.32 Å². The van der Waals surface area contributed by atoms with Crippen LogP contribution >= 0.6 is 34.8 Å². The molecule has 1 rings (SSSR count). The number of alkyl halides is 3. The number of rotatable bonds is 4. The zero-order chi connectivity index (χ0) is 14.1. The van der Waals surface area contributed by atoms with E-state index in [-0.39, 0.29) is 11.3 Å². The van der Waals surface area contributed by atoms with E-state index in [0.29, 0.717) is 18.3 Å². The molecule has 0 aromatic rings. The van der Waals surface area contributed by atoms with Crippen LogP contribution < -0.4 is 5.32 Å². The highest BCUT2D eigenvalue weighted by Crippen LogP contribution is 2.54. The van der Waals surface area contributed by atoms with Gasteiger partial charge < -0.3 is 10.4 Å². The molecule has 0 aromatic carbocycles. The highest BCUT2D eigenvalue weighted by atomic mass is 35.6. The van der Waals surface area contributed by atoms with Gasteiger partial charge in [-0.25, -0.2) is 0 Å². The number of carbonyl (C=O) groups is 1. The molecule has 0 bridgehead atoms. The molecule has 0 aliphatic heterocycles. The van der Waals surface area contributed by atoms with Crippen LogP contribution in [0, 0.1) is 17.3 Å². The normalized spacial score (nSPS) is 28.4. The van der Waals surface area contributed by atoms with E-state index in [9.17, 15) is 9.90 Å². The molecule has 18 heavy (non-hydrogen) atoms. The maximum absolute atomic E-state index is 11.7. The molecule has 106 valence electrons. The van der Waals surface area contributed by atoms with E-state index in [0.717, 1.165) is 12.8 Å². The standard InChI is InChI=1S/C12H20Cl3NO2/c1-4-7-5-8(11(7,2)3)6-9(17)16-10(18)12(13,14)15/h7-8,10,18H,4-6H2,1-3H3,(H,16,17)/t7-,8+,10+/m0/s1. The van der Waals surface area contributed by atoms with Gasteiger partial charge >= 0.3 is 0 Å². The maximum atomic E-state index is 11.7. The second-order valence-corrected chi connectivity index (χ2v) is 7.94. The average Bonchev–Trinajstić information content (AvgIpc) is 2.22. The maximum Gasteiger partial charge on any atom is 0.234 e. The molecule has 0 spiro atoms. The van der Waals surface area contributed by atoms with Crippen LogP contribution in [0.2, 0.25) is 0 Å². The molecule has 3 atom stereocenters. The molecule has 3 nitrogen and oxygen atoms in total. The number of amides is 1. The summed E-state index contributed by atoms with van der Waals surface area (Å²) in [7, 11) is 0. The molecule has 1 aliphatic rings. The Hall–Kier alpha value is 0.300. The fourth-order valence-electron chi connectivity index (χ4n) is 2.68. The molecule has 2 N–H and O–H groups in total. The average molecular weight is 317 g/mol. The summed E-state index contributed by atoms with van der Waals surface area (Å²) >= 11 is 16.4. The van der Waals surface area contributed by atoms with E-state index < -0.39 is 10.0 Å². The van der Waals surface area contributed by atoms with Crippen molar-refractivity contribution in [3.63, 3.8) is 0 Å². The van der Waals surface area contributed by atoms with Crippen molar-refractivity contribution in [2.75, 3.05) is 0 Å². The number of carbonyl (C=O) groups excluding carboxylic acids is 1. The summed E-state index contributed by atoms with van der Waals surface area (Å²) in [5.41, 5.74) is 0.164. The number of aliphatic hydroxyl groups excluding tert-OH is 1. The van der Waals surface area contributed by atoms with Gasteiger partial charge in [-0.05, 0) is 23.7 Å². The Morgan fingerprint density at radius 1 is 1.44 bits per heavy atom. The second-order valence-electron chi connectivity index (χ2n) is 5.57. The fraction of sp³-hybridized carbons (Fsp3) is 0.917. The molecule has 1 amide bonds. The van der Waals surface area contributed by atoms with E-state index >= 15 is 0 Å². The lowest BCUT2D eigenvalue weighted by molar-refractivity contribution is -0.130. The summed E-state index contributed by atoms with van der Waals surface area (Å²) in [4.78, 5) is 11.7. The predicted molar refractivity (Wildman–Crippen MR) is 74.7 cm³/mol. The molecular formula is C12H20Cl3NO2. The number of nitrogens with one attached hydrogen (secondary N) is 1. The third-order valence-electron chi connectivity index (χ3n) is 4.21. The minimum Gasteiger partial charge on any atom is -0.369 e. The molecule has 0 radical (unpaired) electrons. The number of aliphatic hydroxyl groups is 1. The molecule has 6 heteroatoms. The van der Waals surface area contributed by atoms with E-state index in [1.165, 1.54) is 0 Å². The Bertz CT molecular complexity index is 315. The van der Waals surface area contributed by atoms with Crippen LogP contribution in [-0.2, 0) is 4.79 Å². The van der Waals surface area contributed by atoms with Crippen LogP contribution in [0.5, 0.6) is 0 Å². The van der Waals surface area contributed by atoms with E-state index in [2.05, 4.69) is 26.1 Å². The Morgan fingerprint density at radius 3 is 2.39 bits per heavy atom. The predicted octanol–water partition coefficient (Wildman–Crippen LogP) is 3.25. The molecule has 1 aliphatic carbocycles. The van der Waals surface area contributed by atoms with Gasteiger partial charge in [-0.1, -0.05) is 62.0 Å². The molecule has 0 saturated heterocycles.